The summed E-state index contributed by atoms with van der Waals surface area (Å²) in [6.45, 7) is 13.9. The highest BCUT2D eigenvalue weighted by Gasteiger charge is 2.61. The van der Waals surface area contributed by atoms with E-state index in [1.807, 2.05) is 0 Å². The van der Waals surface area contributed by atoms with Crippen LogP contribution in [-0.4, -0.2) is 19.7 Å². The molecule has 0 heterocycles. The molecular weight excluding hydrogens is 324 g/mol. The Kier molecular flexibility index (Phi) is 5.08. The molecule has 3 aliphatic carbocycles. The molecule has 3 saturated carbocycles. The zero-order chi connectivity index (χ0) is 18.5. The topological polar surface area (TPSA) is 26.3 Å². The van der Waals surface area contributed by atoms with Crippen molar-refractivity contribution in [2.75, 3.05) is 0 Å². The van der Waals surface area contributed by atoms with E-state index in [2.05, 4.69) is 40.4 Å². The molecule has 25 heavy (non-hydrogen) atoms. The quantitative estimate of drug-likeness (QED) is 0.492. The molecule has 0 aliphatic heterocycles. The van der Waals surface area contributed by atoms with Gasteiger partial charge in [0.1, 0.15) is 5.78 Å². The number of ketones is 1. The zero-order valence-corrected chi connectivity index (χ0v) is 18.5. The number of hydrogen-bond acceptors (Lipinski definition) is 2. The largest absolute Gasteiger partial charge is 0.413 e. The van der Waals surface area contributed by atoms with E-state index in [4.69, 9.17) is 4.43 Å². The average Bonchev–Trinajstić information content (AvgIpc) is 3.11. The molecule has 2 nitrogen and oxygen atoms in total. The molecule has 3 fully saturated rings. The monoisotopic (exact) mass is 364 g/mol. The van der Waals surface area contributed by atoms with Crippen molar-refractivity contribution in [3.8, 4) is 0 Å². The smallest absolute Gasteiger partial charge is 0.184 e. The average molecular weight is 365 g/mol. The van der Waals surface area contributed by atoms with Crippen LogP contribution < -0.4 is 0 Å². The van der Waals surface area contributed by atoms with Crippen LogP contribution in [0.2, 0.25) is 19.6 Å². The highest BCUT2D eigenvalue weighted by molar-refractivity contribution is 6.69. The predicted octanol–water partition coefficient (Wildman–Crippen LogP) is 6.35. The van der Waals surface area contributed by atoms with Gasteiger partial charge in [0.2, 0.25) is 0 Å². The van der Waals surface area contributed by atoms with Crippen molar-refractivity contribution in [2.45, 2.75) is 110 Å². The van der Waals surface area contributed by atoms with Crippen molar-refractivity contribution in [3.05, 3.63) is 0 Å². The molecule has 3 atom stereocenters. The Balaban J connectivity index is 1.59. The van der Waals surface area contributed by atoms with Crippen LogP contribution >= 0.6 is 0 Å². The standard InChI is InChI=1S/C22H40O2Si/c1-20(2,24-25(4,5)6)12-8-14-22(15-16-22)19-11-10-17-18(23)9-7-13-21(17,19)3/h17,19H,7-16H2,1-6H3/t17?,19?,21-/m0/s1. The molecule has 3 heteroatoms. The number of Topliss-reactive ketones (excluding diaryl/α,β-unsaturated/α-hetero) is 1. The SMILES string of the molecule is CC(C)(CCCC1(C2CCC3C(=O)CCC[C@@]32C)CC1)O[Si](C)(C)C. The summed E-state index contributed by atoms with van der Waals surface area (Å²) in [7, 11) is -1.48. The van der Waals surface area contributed by atoms with Gasteiger partial charge in [0.15, 0.2) is 8.32 Å². The Morgan fingerprint density at radius 2 is 1.84 bits per heavy atom. The molecule has 0 aromatic heterocycles. The van der Waals surface area contributed by atoms with Gasteiger partial charge in [0.05, 0.1) is 5.60 Å². The Bertz CT molecular complexity index is 515. The second kappa shape index (κ2) is 6.47. The van der Waals surface area contributed by atoms with E-state index in [-0.39, 0.29) is 5.60 Å². The summed E-state index contributed by atoms with van der Waals surface area (Å²) in [6, 6.07) is 0. The molecule has 3 aliphatic rings. The van der Waals surface area contributed by atoms with Gasteiger partial charge in [-0.1, -0.05) is 13.3 Å². The summed E-state index contributed by atoms with van der Waals surface area (Å²) in [5.41, 5.74) is 0.899. The lowest BCUT2D eigenvalue weighted by Gasteiger charge is -2.43. The second-order valence-electron chi connectivity index (χ2n) is 11.2. The van der Waals surface area contributed by atoms with Crippen molar-refractivity contribution < 1.29 is 9.22 Å². The third-order valence-electron chi connectivity index (χ3n) is 7.53. The van der Waals surface area contributed by atoms with E-state index in [0.29, 0.717) is 22.5 Å². The maximum Gasteiger partial charge on any atom is 0.184 e. The van der Waals surface area contributed by atoms with Crippen LogP contribution in [0.25, 0.3) is 0 Å². The van der Waals surface area contributed by atoms with Crippen molar-refractivity contribution >= 4 is 14.1 Å². The van der Waals surface area contributed by atoms with Gasteiger partial charge in [-0.25, -0.2) is 0 Å². The Hall–Kier alpha value is -0.153. The predicted molar refractivity (Wildman–Crippen MR) is 107 cm³/mol. The number of carbonyl (C=O) groups excluding carboxylic acids is 1. The van der Waals surface area contributed by atoms with E-state index in [9.17, 15) is 4.79 Å². The summed E-state index contributed by atoms with van der Waals surface area (Å²) >= 11 is 0. The summed E-state index contributed by atoms with van der Waals surface area (Å²) in [5.74, 6) is 1.77. The zero-order valence-electron chi connectivity index (χ0n) is 17.5. The van der Waals surface area contributed by atoms with E-state index >= 15 is 0 Å². The molecule has 0 bridgehead atoms. The number of rotatable bonds is 7. The van der Waals surface area contributed by atoms with Crippen LogP contribution in [0, 0.1) is 22.7 Å². The van der Waals surface area contributed by atoms with Crippen LogP contribution in [0.15, 0.2) is 0 Å². The van der Waals surface area contributed by atoms with Gasteiger partial charge in [-0.2, -0.15) is 0 Å². The highest BCUT2D eigenvalue weighted by Crippen LogP contribution is 2.68. The van der Waals surface area contributed by atoms with Crippen LogP contribution in [0.3, 0.4) is 0 Å². The molecule has 144 valence electrons. The molecule has 0 N–H and O–H groups in total. The molecule has 0 aromatic carbocycles. The molecule has 0 saturated heterocycles. The third kappa shape index (κ3) is 4.08. The first-order valence-electron chi connectivity index (χ1n) is 10.7. The van der Waals surface area contributed by atoms with Gasteiger partial charge < -0.3 is 4.43 Å². The first-order valence-corrected chi connectivity index (χ1v) is 14.1. The second-order valence-corrected chi connectivity index (χ2v) is 15.6. The summed E-state index contributed by atoms with van der Waals surface area (Å²) in [4.78, 5) is 12.4. The van der Waals surface area contributed by atoms with Crippen LogP contribution in [0.1, 0.15) is 85.0 Å². The minimum Gasteiger partial charge on any atom is -0.413 e. The highest BCUT2D eigenvalue weighted by atomic mass is 28.4. The van der Waals surface area contributed by atoms with E-state index in [1.54, 1.807) is 0 Å². The van der Waals surface area contributed by atoms with Crippen LogP contribution in [0.5, 0.6) is 0 Å². The van der Waals surface area contributed by atoms with Crippen molar-refractivity contribution in [1.29, 1.82) is 0 Å². The molecule has 3 rings (SSSR count). The van der Waals surface area contributed by atoms with Gasteiger partial charge in [-0.05, 0) is 102 Å². The van der Waals surface area contributed by atoms with Crippen molar-refractivity contribution in [3.63, 3.8) is 0 Å². The third-order valence-corrected chi connectivity index (χ3v) is 8.70. The van der Waals surface area contributed by atoms with E-state index in [1.165, 1.54) is 51.4 Å². The van der Waals surface area contributed by atoms with Gasteiger partial charge in [-0.15, -0.1) is 0 Å². The minimum atomic E-state index is -1.48. The van der Waals surface area contributed by atoms with Crippen LogP contribution in [0.4, 0.5) is 0 Å². The molecule has 0 spiro atoms. The molecule has 0 aromatic rings. The lowest BCUT2D eigenvalue weighted by Crippen LogP contribution is -2.40. The lowest BCUT2D eigenvalue weighted by molar-refractivity contribution is -0.130. The molecule has 0 amide bonds. The molecular formula is C22H40O2Si. The fourth-order valence-electron chi connectivity index (χ4n) is 6.62. The Labute approximate surface area is 156 Å². The molecule has 0 radical (unpaired) electrons. The van der Waals surface area contributed by atoms with E-state index in [0.717, 1.165) is 18.8 Å². The number of carbonyl (C=O) groups is 1. The lowest BCUT2D eigenvalue weighted by atomic mass is 9.60. The van der Waals surface area contributed by atoms with E-state index < -0.39 is 8.32 Å². The maximum absolute atomic E-state index is 12.4. The van der Waals surface area contributed by atoms with Crippen LogP contribution in [-0.2, 0) is 9.22 Å². The Morgan fingerprint density at radius 1 is 1.16 bits per heavy atom. The summed E-state index contributed by atoms with van der Waals surface area (Å²) < 4.78 is 6.40. The van der Waals surface area contributed by atoms with Gasteiger partial charge >= 0.3 is 0 Å². The molecule has 2 unspecified atom stereocenters. The number of fused-ring (bicyclic) bond motifs is 1. The first kappa shape index (κ1) is 19.6. The fraction of sp³-hybridized carbons (Fsp3) is 0.955. The first-order chi connectivity index (χ1) is 11.5. The van der Waals surface area contributed by atoms with Gasteiger partial charge in [0, 0.05) is 12.3 Å². The number of hydrogen-bond donors (Lipinski definition) is 0. The van der Waals surface area contributed by atoms with Crippen molar-refractivity contribution in [2.24, 2.45) is 22.7 Å². The van der Waals surface area contributed by atoms with Gasteiger partial charge in [0.25, 0.3) is 0 Å². The Morgan fingerprint density at radius 3 is 2.44 bits per heavy atom. The van der Waals surface area contributed by atoms with Gasteiger partial charge in [-0.3, -0.25) is 4.79 Å². The summed E-state index contributed by atoms with van der Waals surface area (Å²) in [5, 5.41) is 0. The maximum atomic E-state index is 12.4. The normalized spacial score (nSPS) is 34.9. The fourth-order valence-corrected chi connectivity index (χ4v) is 8.38. The minimum absolute atomic E-state index is 0.0173. The van der Waals surface area contributed by atoms with Crippen molar-refractivity contribution in [1.82, 2.24) is 0 Å². The summed E-state index contributed by atoms with van der Waals surface area (Å²) in [6.07, 6.45) is 12.4.